The summed E-state index contributed by atoms with van der Waals surface area (Å²) in [4.78, 5) is 14.3. The summed E-state index contributed by atoms with van der Waals surface area (Å²) in [7, 11) is 3.37. The zero-order valence-corrected chi connectivity index (χ0v) is 19.0. The molecule has 4 rings (SSSR count). The van der Waals surface area contributed by atoms with Crippen LogP contribution < -0.4 is 19.7 Å². The molecule has 2 aliphatic rings. The third-order valence-electron chi connectivity index (χ3n) is 7.11. The Morgan fingerprint density at radius 2 is 1.81 bits per heavy atom. The van der Waals surface area contributed by atoms with Crippen molar-refractivity contribution >= 4 is 5.91 Å². The molecule has 2 aromatic rings. The van der Waals surface area contributed by atoms with E-state index in [1.54, 1.807) is 14.2 Å². The maximum absolute atomic E-state index is 12.8. The first-order valence-electron chi connectivity index (χ1n) is 11.5. The van der Waals surface area contributed by atoms with Crippen molar-refractivity contribution in [1.82, 2.24) is 5.32 Å². The van der Waals surface area contributed by atoms with Crippen LogP contribution in [0.15, 0.2) is 36.4 Å². The lowest BCUT2D eigenvalue weighted by atomic mass is 9.90. The minimum absolute atomic E-state index is 0.188. The van der Waals surface area contributed by atoms with Crippen molar-refractivity contribution in [3.05, 3.63) is 58.7 Å². The number of nitrogens with one attached hydrogen (secondary N) is 2. The smallest absolute Gasteiger partial charge is 0.223 e. The number of hydrogen-bond acceptors (Lipinski definition) is 3. The molecule has 0 bridgehead atoms. The van der Waals surface area contributed by atoms with E-state index < -0.39 is 0 Å². The Morgan fingerprint density at radius 3 is 2.52 bits per heavy atom. The third kappa shape index (κ3) is 4.72. The summed E-state index contributed by atoms with van der Waals surface area (Å²) in [5, 5.41) is 3.30. The van der Waals surface area contributed by atoms with Crippen LogP contribution in [0.5, 0.6) is 11.5 Å². The number of ether oxygens (including phenoxy) is 2. The first kappa shape index (κ1) is 21.7. The number of benzene rings is 2. The van der Waals surface area contributed by atoms with Crippen LogP contribution in [0.4, 0.5) is 0 Å². The molecule has 0 spiro atoms. The second-order valence-corrected chi connectivity index (χ2v) is 8.95. The maximum atomic E-state index is 12.8. The molecule has 1 saturated carbocycles. The summed E-state index contributed by atoms with van der Waals surface area (Å²) in [6, 6.07) is 13.0. The van der Waals surface area contributed by atoms with Gasteiger partial charge >= 0.3 is 0 Å². The molecule has 1 unspecified atom stereocenters. The van der Waals surface area contributed by atoms with Crippen molar-refractivity contribution in [2.75, 3.05) is 27.3 Å². The number of carbonyl (C=O) groups excluding carboxylic acids is 1. The quantitative estimate of drug-likeness (QED) is 0.720. The molecule has 2 atom stereocenters. The summed E-state index contributed by atoms with van der Waals surface area (Å²) in [6.45, 7) is 4.81. The Kier molecular flexibility index (Phi) is 6.81. The van der Waals surface area contributed by atoms with Gasteiger partial charge in [0.1, 0.15) is 12.6 Å². The Bertz CT molecular complexity index is 921. The molecule has 0 saturated heterocycles. The fourth-order valence-corrected chi connectivity index (χ4v) is 5.22. The van der Waals surface area contributed by atoms with Crippen LogP contribution in [0.1, 0.15) is 54.0 Å². The molecule has 2 N–H and O–H groups in total. The highest BCUT2D eigenvalue weighted by Crippen LogP contribution is 2.34. The van der Waals surface area contributed by atoms with E-state index in [4.69, 9.17) is 9.47 Å². The number of amides is 1. The molecular formula is C26H35N2O3+. The Balaban J connectivity index is 1.61. The number of rotatable bonds is 7. The fraction of sp³-hybridized carbons (Fsp3) is 0.500. The predicted octanol–water partition coefficient (Wildman–Crippen LogP) is 3.00. The van der Waals surface area contributed by atoms with Crippen molar-refractivity contribution in [3.8, 4) is 11.5 Å². The Labute approximate surface area is 185 Å². The average Bonchev–Trinajstić information content (AvgIpc) is 3.33. The van der Waals surface area contributed by atoms with Crippen molar-refractivity contribution in [1.29, 1.82) is 0 Å². The zero-order chi connectivity index (χ0) is 21.8. The van der Waals surface area contributed by atoms with E-state index >= 15 is 0 Å². The van der Waals surface area contributed by atoms with Gasteiger partial charge in [-0.15, -0.1) is 0 Å². The number of carbonyl (C=O) groups is 1. The first-order valence-corrected chi connectivity index (χ1v) is 11.5. The van der Waals surface area contributed by atoms with Gasteiger partial charge in [0.2, 0.25) is 5.91 Å². The van der Waals surface area contributed by atoms with E-state index in [1.165, 1.54) is 40.0 Å². The van der Waals surface area contributed by atoms with Crippen LogP contribution in [0.25, 0.3) is 0 Å². The van der Waals surface area contributed by atoms with Gasteiger partial charge in [0.25, 0.3) is 0 Å². The van der Waals surface area contributed by atoms with Gasteiger partial charge in [-0.2, -0.15) is 0 Å². The lowest BCUT2D eigenvalue weighted by Gasteiger charge is -2.35. The normalized spacial score (nSPS) is 20.9. The van der Waals surface area contributed by atoms with Gasteiger partial charge in [0.15, 0.2) is 11.5 Å². The van der Waals surface area contributed by atoms with Gasteiger partial charge in [-0.05, 0) is 43.0 Å². The number of aryl methyl sites for hydroxylation is 1. The third-order valence-corrected chi connectivity index (χ3v) is 7.11. The van der Waals surface area contributed by atoms with E-state index in [0.717, 1.165) is 43.9 Å². The number of methoxy groups -OCH3 is 2. The van der Waals surface area contributed by atoms with E-state index in [1.807, 2.05) is 0 Å². The van der Waals surface area contributed by atoms with Gasteiger partial charge in [-0.25, -0.2) is 0 Å². The van der Waals surface area contributed by atoms with Crippen molar-refractivity contribution in [2.24, 2.45) is 5.92 Å². The SMILES string of the molecule is COc1cc2c(cc1OC)[C@H](CNC(=O)C1CCCC1)[NH+](Cc1ccccc1C)CC2. The summed E-state index contributed by atoms with van der Waals surface area (Å²) >= 11 is 0. The van der Waals surface area contributed by atoms with E-state index in [2.05, 4.69) is 48.6 Å². The minimum Gasteiger partial charge on any atom is -0.493 e. The molecule has 5 nitrogen and oxygen atoms in total. The highest BCUT2D eigenvalue weighted by Gasteiger charge is 2.34. The molecule has 1 fully saturated rings. The predicted molar refractivity (Wildman–Crippen MR) is 122 cm³/mol. The molecular weight excluding hydrogens is 388 g/mol. The molecule has 2 aromatic carbocycles. The van der Waals surface area contributed by atoms with Gasteiger partial charge in [0.05, 0.1) is 27.3 Å². The van der Waals surface area contributed by atoms with Gasteiger partial charge in [-0.3, -0.25) is 4.79 Å². The maximum Gasteiger partial charge on any atom is 0.223 e. The molecule has 1 heterocycles. The second-order valence-electron chi connectivity index (χ2n) is 8.95. The minimum atomic E-state index is 0.188. The van der Waals surface area contributed by atoms with Crippen LogP contribution in [0, 0.1) is 12.8 Å². The molecule has 5 heteroatoms. The zero-order valence-electron chi connectivity index (χ0n) is 19.0. The van der Waals surface area contributed by atoms with E-state index in [-0.39, 0.29) is 17.9 Å². The van der Waals surface area contributed by atoms with Crippen molar-refractivity contribution < 1.29 is 19.2 Å². The van der Waals surface area contributed by atoms with Gasteiger partial charge in [-0.1, -0.05) is 37.1 Å². The molecule has 0 radical (unpaired) electrons. The van der Waals surface area contributed by atoms with Crippen molar-refractivity contribution in [2.45, 2.75) is 51.6 Å². The van der Waals surface area contributed by atoms with Gasteiger partial charge in [0, 0.05) is 23.5 Å². The molecule has 166 valence electrons. The Morgan fingerprint density at radius 1 is 1.10 bits per heavy atom. The van der Waals surface area contributed by atoms with Crippen LogP contribution in [-0.2, 0) is 17.8 Å². The molecule has 1 aliphatic heterocycles. The Hall–Kier alpha value is -2.53. The van der Waals surface area contributed by atoms with Crippen LogP contribution in [0.3, 0.4) is 0 Å². The van der Waals surface area contributed by atoms with Crippen LogP contribution >= 0.6 is 0 Å². The summed E-state index contributed by atoms with van der Waals surface area (Å²) < 4.78 is 11.1. The molecule has 1 amide bonds. The number of quaternary nitrogens is 1. The first-order chi connectivity index (χ1) is 15.1. The van der Waals surface area contributed by atoms with Gasteiger partial charge < -0.3 is 19.7 Å². The lowest BCUT2D eigenvalue weighted by molar-refractivity contribution is -0.945. The summed E-state index contributed by atoms with van der Waals surface area (Å²) in [5.74, 6) is 1.94. The van der Waals surface area contributed by atoms with E-state index in [0.29, 0.717) is 6.54 Å². The van der Waals surface area contributed by atoms with Crippen LogP contribution in [-0.4, -0.2) is 33.2 Å². The number of fused-ring (bicyclic) bond motifs is 1. The monoisotopic (exact) mass is 423 g/mol. The van der Waals surface area contributed by atoms with Crippen LogP contribution in [0.2, 0.25) is 0 Å². The molecule has 1 aliphatic carbocycles. The highest BCUT2D eigenvalue weighted by atomic mass is 16.5. The second kappa shape index (κ2) is 9.73. The highest BCUT2D eigenvalue weighted by molar-refractivity contribution is 5.78. The molecule has 31 heavy (non-hydrogen) atoms. The summed E-state index contributed by atoms with van der Waals surface area (Å²) in [5.41, 5.74) is 5.25. The molecule has 0 aromatic heterocycles. The standard InChI is InChI=1S/C26H34N2O3/c1-18-8-4-5-11-21(18)17-28-13-12-20-14-24(30-2)25(31-3)15-22(20)23(28)16-27-26(29)19-9-6-7-10-19/h4-5,8,11,14-15,19,23H,6-7,9-10,12-13,16-17H2,1-3H3,(H,27,29)/p+1/t23-/m0/s1. The fourth-order valence-electron chi connectivity index (χ4n) is 5.22. The largest absolute Gasteiger partial charge is 0.493 e. The van der Waals surface area contributed by atoms with E-state index in [9.17, 15) is 4.79 Å². The average molecular weight is 424 g/mol. The topological polar surface area (TPSA) is 52.0 Å². The summed E-state index contributed by atoms with van der Waals surface area (Å²) in [6.07, 6.45) is 5.39. The van der Waals surface area contributed by atoms with Crippen molar-refractivity contribution in [3.63, 3.8) is 0 Å². The number of hydrogen-bond donors (Lipinski definition) is 2. The lowest BCUT2D eigenvalue weighted by Crippen LogP contribution is -3.12.